The maximum absolute atomic E-state index is 12.6. The van der Waals surface area contributed by atoms with E-state index in [1.807, 2.05) is 72.6 Å². The van der Waals surface area contributed by atoms with E-state index in [9.17, 15) is 14.9 Å². The van der Waals surface area contributed by atoms with Gasteiger partial charge in [-0.1, -0.05) is 72.8 Å². The summed E-state index contributed by atoms with van der Waals surface area (Å²) in [5, 5.41) is 13.8. The molecule has 0 fully saturated rings. The molecule has 1 N–H and O–H groups in total. The van der Waals surface area contributed by atoms with Gasteiger partial charge in [-0.3, -0.25) is 19.8 Å². The van der Waals surface area contributed by atoms with Crippen LogP contribution in [0.5, 0.6) is 0 Å². The lowest BCUT2D eigenvalue weighted by atomic mass is 9.97. The fourth-order valence-electron chi connectivity index (χ4n) is 3.22. The Kier molecular flexibility index (Phi) is 6.14. The number of benzene rings is 3. The highest BCUT2D eigenvalue weighted by Crippen LogP contribution is 2.28. The summed E-state index contributed by atoms with van der Waals surface area (Å²) in [6, 6.07) is 25.9. The van der Waals surface area contributed by atoms with E-state index in [-0.39, 0.29) is 29.9 Å². The maximum Gasteiger partial charge on any atom is 0.292 e. The monoisotopic (exact) mass is 375 g/mol. The number of likely N-dealkylation sites (N-methyl/N-ethyl adjacent to an activating group) is 1. The summed E-state index contributed by atoms with van der Waals surface area (Å²) < 4.78 is 0. The van der Waals surface area contributed by atoms with Gasteiger partial charge >= 0.3 is 0 Å². The number of para-hydroxylation sites is 2. The molecule has 0 spiro atoms. The Hall–Kier alpha value is -3.51. The third-order valence-corrected chi connectivity index (χ3v) is 4.44. The number of anilines is 1. The maximum atomic E-state index is 12.6. The lowest BCUT2D eigenvalue weighted by molar-refractivity contribution is -0.383. The third kappa shape index (κ3) is 4.61. The molecule has 1 amide bonds. The summed E-state index contributed by atoms with van der Waals surface area (Å²) in [7, 11) is 1.86. The van der Waals surface area contributed by atoms with Crippen LogP contribution < -0.4 is 5.32 Å². The van der Waals surface area contributed by atoms with Crippen molar-refractivity contribution in [2.24, 2.45) is 0 Å². The number of nitrogens with one attached hydrogen (secondary N) is 1. The van der Waals surface area contributed by atoms with Crippen LogP contribution in [-0.2, 0) is 4.79 Å². The molecule has 0 aliphatic heterocycles. The van der Waals surface area contributed by atoms with Gasteiger partial charge in [0.15, 0.2) is 0 Å². The second-order valence-corrected chi connectivity index (χ2v) is 6.46. The zero-order valence-corrected chi connectivity index (χ0v) is 15.5. The molecule has 0 heterocycles. The summed E-state index contributed by atoms with van der Waals surface area (Å²) in [6.45, 7) is 0.0838. The largest absolute Gasteiger partial charge is 0.319 e. The Balaban J connectivity index is 1.80. The Bertz CT molecular complexity index is 906. The number of hydrogen-bond donors (Lipinski definition) is 1. The number of nitrogens with zero attached hydrogens (tertiary/aromatic N) is 2. The van der Waals surface area contributed by atoms with Crippen molar-refractivity contribution in [1.29, 1.82) is 0 Å². The van der Waals surface area contributed by atoms with Gasteiger partial charge in [-0.15, -0.1) is 0 Å². The molecule has 0 atom stereocenters. The fourth-order valence-corrected chi connectivity index (χ4v) is 3.22. The topological polar surface area (TPSA) is 75.5 Å². The van der Waals surface area contributed by atoms with Crippen LogP contribution in [0.3, 0.4) is 0 Å². The fraction of sp³-hybridized carbons (Fsp3) is 0.136. The van der Waals surface area contributed by atoms with Gasteiger partial charge in [0.05, 0.1) is 17.5 Å². The Morgan fingerprint density at radius 2 is 1.43 bits per heavy atom. The first kappa shape index (κ1) is 19.3. The second-order valence-electron chi connectivity index (χ2n) is 6.46. The smallest absolute Gasteiger partial charge is 0.292 e. The van der Waals surface area contributed by atoms with Crippen molar-refractivity contribution >= 4 is 17.3 Å². The first-order valence-electron chi connectivity index (χ1n) is 8.89. The first-order chi connectivity index (χ1) is 13.6. The highest BCUT2D eigenvalue weighted by Gasteiger charge is 2.22. The summed E-state index contributed by atoms with van der Waals surface area (Å²) >= 11 is 0. The number of nitro groups is 1. The summed E-state index contributed by atoms with van der Waals surface area (Å²) in [5.41, 5.74) is 2.20. The molecule has 3 aromatic carbocycles. The van der Waals surface area contributed by atoms with Crippen LogP contribution in [0.1, 0.15) is 17.2 Å². The molecule has 3 rings (SSSR count). The van der Waals surface area contributed by atoms with E-state index in [0.29, 0.717) is 0 Å². The predicted octanol–water partition coefficient (Wildman–Crippen LogP) is 4.25. The van der Waals surface area contributed by atoms with Crippen molar-refractivity contribution in [2.45, 2.75) is 6.04 Å². The van der Waals surface area contributed by atoms with E-state index in [0.717, 1.165) is 11.1 Å². The number of amides is 1. The molecule has 0 saturated heterocycles. The molecular weight excluding hydrogens is 354 g/mol. The van der Waals surface area contributed by atoms with Crippen molar-refractivity contribution in [3.05, 3.63) is 106 Å². The van der Waals surface area contributed by atoms with E-state index < -0.39 is 4.92 Å². The van der Waals surface area contributed by atoms with E-state index in [2.05, 4.69) is 5.32 Å². The summed E-state index contributed by atoms with van der Waals surface area (Å²) in [5.74, 6) is -0.311. The molecule has 28 heavy (non-hydrogen) atoms. The standard InChI is InChI=1S/C22H21N3O3/c1-24(16-21(26)23-19-14-8-9-15-20(19)25(27)28)22(17-10-4-2-5-11-17)18-12-6-3-7-13-18/h2-15,22H,16H2,1H3,(H,23,26). The lowest BCUT2D eigenvalue weighted by Crippen LogP contribution is -2.34. The summed E-state index contributed by atoms with van der Waals surface area (Å²) in [4.78, 5) is 25.2. The van der Waals surface area contributed by atoms with Gasteiger partial charge in [0.1, 0.15) is 5.69 Å². The number of rotatable bonds is 7. The minimum atomic E-state index is -0.504. The highest BCUT2D eigenvalue weighted by atomic mass is 16.6. The molecule has 0 bridgehead atoms. The normalized spacial score (nSPS) is 10.8. The quantitative estimate of drug-likeness (QED) is 0.495. The van der Waals surface area contributed by atoms with Crippen LogP contribution in [-0.4, -0.2) is 29.3 Å². The molecule has 3 aromatic rings. The molecule has 6 nitrogen and oxygen atoms in total. The Morgan fingerprint density at radius 3 is 1.96 bits per heavy atom. The zero-order chi connectivity index (χ0) is 19.9. The van der Waals surface area contributed by atoms with Crippen LogP contribution >= 0.6 is 0 Å². The van der Waals surface area contributed by atoms with Gasteiger partial charge in [-0.05, 0) is 24.2 Å². The molecule has 0 aliphatic carbocycles. The predicted molar refractivity (Wildman–Crippen MR) is 109 cm³/mol. The summed E-state index contributed by atoms with van der Waals surface area (Å²) in [6.07, 6.45) is 0. The average molecular weight is 375 g/mol. The van der Waals surface area contributed by atoms with Gasteiger partial charge in [-0.2, -0.15) is 0 Å². The Labute approximate surface area is 163 Å². The minimum Gasteiger partial charge on any atom is -0.319 e. The van der Waals surface area contributed by atoms with Crippen LogP contribution in [0.15, 0.2) is 84.9 Å². The minimum absolute atomic E-state index is 0.0838. The molecular formula is C22H21N3O3. The van der Waals surface area contributed by atoms with Crippen LogP contribution in [0, 0.1) is 10.1 Å². The first-order valence-corrected chi connectivity index (χ1v) is 8.89. The van der Waals surface area contributed by atoms with E-state index in [4.69, 9.17) is 0 Å². The Morgan fingerprint density at radius 1 is 0.929 bits per heavy atom. The van der Waals surface area contributed by atoms with E-state index in [1.165, 1.54) is 12.1 Å². The SMILES string of the molecule is CN(CC(=O)Nc1ccccc1[N+](=O)[O-])C(c1ccccc1)c1ccccc1. The molecule has 6 heteroatoms. The van der Waals surface area contributed by atoms with Crippen LogP contribution in [0.4, 0.5) is 11.4 Å². The number of nitro benzene ring substituents is 1. The van der Waals surface area contributed by atoms with Gasteiger partial charge in [-0.25, -0.2) is 0 Å². The number of hydrogen-bond acceptors (Lipinski definition) is 4. The third-order valence-electron chi connectivity index (χ3n) is 4.44. The molecule has 0 aliphatic rings. The van der Waals surface area contributed by atoms with Crippen molar-refractivity contribution in [3.63, 3.8) is 0 Å². The molecule has 0 aromatic heterocycles. The van der Waals surface area contributed by atoms with Crippen molar-refractivity contribution in [1.82, 2.24) is 4.90 Å². The number of carbonyl (C=O) groups excluding carboxylic acids is 1. The second kappa shape index (κ2) is 8.92. The molecule has 0 saturated carbocycles. The molecule has 0 radical (unpaired) electrons. The van der Waals surface area contributed by atoms with E-state index in [1.54, 1.807) is 12.1 Å². The van der Waals surface area contributed by atoms with E-state index >= 15 is 0 Å². The van der Waals surface area contributed by atoms with Gasteiger partial charge in [0.2, 0.25) is 5.91 Å². The van der Waals surface area contributed by atoms with Crippen molar-refractivity contribution in [2.75, 3.05) is 18.9 Å². The van der Waals surface area contributed by atoms with Gasteiger partial charge in [0, 0.05) is 6.07 Å². The van der Waals surface area contributed by atoms with Crippen LogP contribution in [0.2, 0.25) is 0 Å². The zero-order valence-electron chi connectivity index (χ0n) is 15.5. The number of carbonyl (C=O) groups is 1. The van der Waals surface area contributed by atoms with Gasteiger partial charge in [0.25, 0.3) is 5.69 Å². The van der Waals surface area contributed by atoms with Crippen molar-refractivity contribution < 1.29 is 9.72 Å². The van der Waals surface area contributed by atoms with Gasteiger partial charge < -0.3 is 5.32 Å². The average Bonchev–Trinajstić information content (AvgIpc) is 2.70. The highest BCUT2D eigenvalue weighted by molar-refractivity contribution is 5.94. The lowest BCUT2D eigenvalue weighted by Gasteiger charge is -2.28. The molecule has 142 valence electrons. The van der Waals surface area contributed by atoms with Crippen LogP contribution in [0.25, 0.3) is 0 Å². The molecule has 0 unspecified atom stereocenters. The van der Waals surface area contributed by atoms with Crippen molar-refractivity contribution in [3.8, 4) is 0 Å².